The lowest BCUT2D eigenvalue weighted by Gasteiger charge is -2.65. The number of hydrogen-bond donors (Lipinski definition) is 1. The van der Waals surface area contributed by atoms with Gasteiger partial charge in [-0.15, -0.1) is 0 Å². The standard InChI is InChI=1S/C21H24O7/c1-3-7-15(22)26-20-11-18(2)21(24)10-14(20)19(21,17(27-18)28-20)12-25-16(23)13-8-5-4-6-9-13/h4-6,8-9,14,17,24H,3,7,10-12H2,1-2H3. The first-order valence-electron chi connectivity index (χ1n) is 9.82. The summed E-state index contributed by atoms with van der Waals surface area (Å²) in [4.78, 5) is 24.7. The highest BCUT2D eigenvalue weighted by Crippen LogP contribution is 2.81. The van der Waals surface area contributed by atoms with Crippen LogP contribution in [0.2, 0.25) is 0 Å². The van der Waals surface area contributed by atoms with Gasteiger partial charge in [-0.3, -0.25) is 4.79 Å². The summed E-state index contributed by atoms with van der Waals surface area (Å²) in [5.74, 6) is -2.17. The molecule has 0 spiro atoms. The third-order valence-electron chi connectivity index (χ3n) is 7.17. The smallest absolute Gasteiger partial charge is 0.338 e. The minimum atomic E-state index is -1.18. The summed E-state index contributed by atoms with van der Waals surface area (Å²) >= 11 is 0. The van der Waals surface area contributed by atoms with E-state index < -0.39 is 34.7 Å². The first-order chi connectivity index (χ1) is 13.3. The second-order valence-corrected chi connectivity index (χ2v) is 8.61. The van der Waals surface area contributed by atoms with E-state index in [0.29, 0.717) is 24.8 Å². The molecule has 3 heterocycles. The van der Waals surface area contributed by atoms with Gasteiger partial charge in [0.15, 0.2) is 6.29 Å². The molecule has 0 aromatic heterocycles. The summed E-state index contributed by atoms with van der Waals surface area (Å²) in [5.41, 5.74) is -2.56. The number of carbonyl (C=O) groups is 2. The molecule has 6 aliphatic rings. The summed E-state index contributed by atoms with van der Waals surface area (Å²) in [7, 11) is 0. The van der Waals surface area contributed by atoms with Crippen LogP contribution in [-0.2, 0) is 23.7 Å². The van der Waals surface area contributed by atoms with Crippen LogP contribution in [0.4, 0.5) is 0 Å². The second kappa shape index (κ2) is 5.55. The molecule has 3 aliphatic carbocycles. The quantitative estimate of drug-likeness (QED) is 0.747. The fourth-order valence-corrected chi connectivity index (χ4v) is 5.80. The number of aliphatic hydroxyl groups is 1. The van der Waals surface area contributed by atoms with E-state index >= 15 is 0 Å². The highest BCUT2D eigenvalue weighted by Gasteiger charge is 2.94. The SMILES string of the molecule is CCCC(=O)OC12CC3(C)OC(O1)C1(COC(=O)c4ccccc4)C2CC31O. The molecular formula is C21H24O7. The minimum Gasteiger partial charge on any atom is -0.461 e. The highest BCUT2D eigenvalue weighted by atomic mass is 16.8. The van der Waals surface area contributed by atoms with E-state index in [-0.39, 0.29) is 24.9 Å². The van der Waals surface area contributed by atoms with Gasteiger partial charge in [-0.05, 0) is 31.9 Å². The first-order valence-corrected chi connectivity index (χ1v) is 9.82. The zero-order chi connectivity index (χ0) is 19.8. The number of rotatable bonds is 6. The van der Waals surface area contributed by atoms with Crippen LogP contribution >= 0.6 is 0 Å². The van der Waals surface area contributed by atoms with Crippen molar-refractivity contribution in [3.05, 3.63) is 35.9 Å². The van der Waals surface area contributed by atoms with Crippen LogP contribution < -0.4 is 0 Å². The molecule has 6 bridgehead atoms. The Kier molecular flexibility index (Phi) is 3.59. The third-order valence-corrected chi connectivity index (χ3v) is 7.17. The van der Waals surface area contributed by atoms with Crippen LogP contribution in [-0.4, -0.2) is 46.9 Å². The zero-order valence-electron chi connectivity index (χ0n) is 16.0. The van der Waals surface area contributed by atoms with Gasteiger partial charge in [0.1, 0.15) is 17.8 Å². The Balaban J connectivity index is 1.42. The summed E-state index contributed by atoms with van der Waals surface area (Å²) in [5, 5.41) is 11.4. The molecule has 6 atom stereocenters. The largest absolute Gasteiger partial charge is 0.461 e. The van der Waals surface area contributed by atoms with E-state index in [2.05, 4.69) is 0 Å². The van der Waals surface area contributed by atoms with Crippen LogP contribution in [0.25, 0.3) is 0 Å². The predicted molar refractivity (Wildman–Crippen MR) is 94.9 cm³/mol. The monoisotopic (exact) mass is 388 g/mol. The Morgan fingerprint density at radius 3 is 2.71 bits per heavy atom. The molecule has 6 unspecified atom stereocenters. The number of carbonyl (C=O) groups excluding carboxylic acids is 2. The van der Waals surface area contributed by atoms with Crippen molar-refractivity contribution in [1.29, 1.82) is 0 Å². The molecule has 150 valence electrons. The summed E-state index contributed by atoms with van der Waals surface area (Å²) < 4.78 is 23.5. The van der Waals surface area contributed by atoms with Crippen molar-refractivity contribution in [2.24, 2.45) is 11.3 Å². The van der Waals surface area contributed by atoms with E-state index in [1.165, 1.54) is 0 Å². The fourth-order valence-electron chi connectivity index (χ4n) is 5.80. The molecule has 1 N–H and O–H groups in total. The molecular weight excluding hydrogens is 364 g/mol. The van der Waals surface area contributed by atoms with Crippen molar-refractivity contribution in [3.63, 3.8) is 0 Å². The number of ether oxygens (including phenoxy) is 4. The zero-order valence-corrected chi connectivity index (χ0v) is 16.0. The van der Waals surface area contributed by atoms with Gasteiger partial charge < -0.3 is 24.1 Å². The van der Waals surface area contributed by atoms with Crippen molar-refractivity contribution < 1.29 is 33.6 Å². The summed E-state index contributed by atoms with van der Waals surface area (Å²) in [6, 6.07) is 8.70. The van der Waals surface area contributed by atoms with Gasteiger partial charge >= 0.3 is 11.9 Å². The molecule has 6 fully saturated rings. The van der Waals surface area contributed by atoms with E-state index in [0.717, 1.165) is 0 Å². The molecule has 0 amide bonds. The molecule has 1 aromatic rings. The minimum absolute atomic E-state index is 0.0464. The molecule has 3 saturated heterocycles. The van der Waals surface area contributed by atoms with E-state index in [1.54, 1.807) is 24.3 Å². The molecule has 1 aromatic carbocycles. The maximum absolute atomic E-state index is 12.5. The Morgan fingerprint density at radius 1 is 1.25 bits per heavy atom. The summed E-state index contributed by atoms with van der Waals surface area (Å²) in [6.45, 7) is 3.68. The van der Waals surface area contributed by atoms with Crippen LogP contribution in [0, 0.1) is 11.3 Å². The molecule has 28 heavy (non-hydrogen) atoms. The predicted octanol–water partition coefficient (Wildman–Crippen LogP) is 2.17. The molecule has 0 radical (unpaired) electrons. The third kappa shape index (κ3) is 1.94. The lowest BCUT2D eigenvalue weighted by Crippen LogP contribution is -2.79. The molecule has 7 rings (SSSR count). The van der Waals surface area contributed by atoms with Crippen molar-refractivity contribution >= 4 is 11.9 Å². The number of hydrogen-bond acceptors (Lipinski definition) is 7. The normalized spacial score (nSPS) is 44.2. The van der Waals surface area contributed by atoms with E-state index in [4.69, 9.17) is 18.9 Å². The van der Waals surface area contributed by atoms with Crippen LogP contribution in [0.15, 0.2) is 30.3 Å². The van der Waals surface area contributed by atoms with E-state index in [9.17, 15) is 14.7 Å². The fraction of sp³-hybridized carbons (Fsp3) is 0.619. The molecule has 3 aliphatic heterocycles. The van der Waals surface area contributed by atoms with Crippen LogP contribution in [0.3, 0.4) is 0 Å². The maximum atomic E-state index is 12.5. The average Bonchev–Trinajstić information content (AvgIpc) is 2.85. The highest BCUT2D eigenvalue weighted by molar-refractivity contribution is 5.89. The van der Waals surface area contributed by atoms with Gasteiger partial charge in [0.25, 0.3) is 0 Å². The van der Waals surface area contributed by atoms with Crippen molar-refractivity contribution in [3.8, 4) is 0 Å². The van der Waals surface area contributed by atoms with Gasteiger partial charge in [-0.1, -0.05) is 25.1 Å². The summed E-state index contributed by atoms with van der Waals surface area (Å²) in [6.07, 6.45) is 0.887. The maximum Gasteiger partial charge on any atom is 0.338 e. The molecule has 7 heteroatoms. The lowest BCUT2D eigenvalue weighted by atomic mass is 9.41. The van der Waals surface area contributed by atoms with Gasteiger partial charge in [0.05, 0.1) is 11.0 Å². The Labute approximate surface area is 162 Å². The van der Waals surface area contributed by atoms with Gasteiger partial charge in [0, 0.05) is 18.8 Å². The molecule has 3 saturated carbocycles. The van der Waals surface area contributed by atoms with E-state index in [1.807, 2.05) is 19.9 Å². The van der Waals surface area contributed by atoms with Crippen LogP contribution in [0.1, 0.15) is 49.9 Å². The van der Waals surface area contributed by atoms with Crippen LogP contribution in [0.5, 0.6) is 0 Å². The average molecular weight is 388 g/mol. The van der Waals surface area contributed by atoms with Gasteiger partial charge in [-0.2, -0.15) is 0 Å². The Bertz CT molecular complexity index is 840. The van der Waals surface area contributed by atoms with Crippen molar-refractivity contribution in [2.75, 3.05) is 6.61 Å². The second-order valence-electron chi connectivity index (χ2n) is 8.61. The number of esters is 2. The number of benzene rings is 1. The molecule has 7 nitrogen and oxygen atoms in total. The van der Waals surface area contributed by atoms with Gasteiger partial charge in [0.2, 0.25) is 5.79 Å². The topological polar surface area (TPSA) is 91.3 Å². The van der Waals surface area contributed by atoms with Gasteiger partial charge in [-0.25, -0.2) is 4.79 Å². The Hall–Kier alpha value is -1.96. The Morgan fingerprint density at radius 2 is 2.00 bits per heavy atom. The van der Waals surface area contributed by atoms with Crippen molar-refractivity contribution in [1.82, 2.24) is 0 Å². The van der Waals surface area contributed by atoms with Crippen molar-refractivity contribution in [2.45, 2.75) is 62.8 Å². The lowest BCUT2D eigenvalue weighted by molar-refractivity contribution is -0.385. The first kappa shape index (κ1) is 18.1.